The fraction of sp³-hybridized carbons (Fsp3) is 0.621. The smallest absolute Gasteiger partial charge is 0.356 e. The quantitative estimate of drug-likeness (QED) is 0.377. The molecule has 0 aromatic carbocycles. The monoisotopic (exact) mass is 636 g/mol. The van der Waals surface area contributed by atoms with E-state index in [4.69, 9.17) is 0 Å². The van der Waals surface area contributed by atoms with Gasteiger partial charge in [0.15, 0.2) is 5.01 Å². The van der Waals surface area contributed by atoms with E-state index < -0.39 is 65.2 Å². The Morgan fingerprint density at radius 3 is 2.50 bits per heavy atom. The summed E-state index contributed by atoms with van der Waals surface area (Å²) >= 11 is 1.06. The topological polar surface area (TPSA) is 150 Å². The van der Waals surface area contributed by atoms with Crippen LogP contribution in [-0.2, 0) is 19.2 Å². The van der Waals surface area contributed by atoms with Crippen molar-refractivity contribution < 1.29 is 37.1 Å². The van der Waals surface area contributed by atoms with Crippen molar-refractivity contribution in [2.24, 2.45) is 23.2 Å². The standard InChI is InChI=1S/C29H35F3N6O5S/c1-13-10-15-12-16(13)19(38(15)26(42)21(28(2,3)4)37-27(43)29(30,31)32)23(41)35-18(11-14-7-9-33-22(14)40)20(39)25-36-17-6-5-8-34-24(17)44-25/h5-6,8,13-16,18-19,21H,7,9-12H2,1-4H3,(H,33,40)(H,35,41)(H,37,43)/t13-,14-,15+,16+,18-,19-,21+/m0/s1. The molecule has 2 bridgehead atoms. The van der Waals surface area contributed by atoms with Crippen LogP contribution in [0.25, 0.3) is 10.3 Å². The summed E-state index contributed by atoms with van der Waals surface area (Å²) in [4.78, 5) is 76.6. The first-order chi connectivity index (χ1) is 20.6. The fourth-order valence-electron chi connectivity index (χ4n) is 6.66. The lowest BCUT2D eigenvalue weighted by molar-refractivity contribution is -0.176. The van der Waals surface area contributed by atoms with Crippen molar-refractivity contribution in [1.82, 2.24) is 30.8 Å². The van der Waals surface area contributed by atoms with Crippen LogP contribution in [0.4, 0.5) is 13.2 Å². The van der Waals surface area contributed by atoms with Crippen molar-refractivity contribution >= 4 is 51.1 Å². The number of likely N-dealkylation sites (tertiary alicyclic amines) is 1. The SMILES string of the molecule is C[C@H]1C[C@@H]2C[C@H]1[C@@H](C(=O)N[C@@H](C[C@@H]1CCNC1=O)C(=O)c1nc3cccnc3s1)N2C(=O)[C@@H](NC(=O)C(F)(F)F)C(C)(C)C. The molecule has 15 heteroatoms. The number of nitrogens with one attached hydrogen (secondary N) is 3. The number of carbonyl (C=O) groups is 5. The summed E-state index contributed by atoms with van der Waals surface area (Å²) < 4.78 is 39.6. The second-order valence-corrected chi connectivity index (χ2v) is 14.0. The largest absolute Gasteiger partial charge is 0.471 e. The van der Waals surface area contributed by atoms with E-state index in [0.29, 0.717) is 36.2 Å². The van der Waals surface area contributed by atoms with Gasteiger partial charge in [-0.1, -0.05) is 39.0 Å². The van der Waals surface area contributed by atoms with E-state index in [-0.39, 0.29) is 29.2 Å². The maximum absolute atomic E-state index is 14.1. The Morgan fingerprint density at radius 2 is 1.89 bits per heavy atom. The highest BCUT2D eigenvalue weighted by molar-refractivity contribution is 7.19. The Balaban J connectivity index is 1.44. The predicted molar refractivity (Wildman–Crippen MR) is 153 cm³/mol. The maximum atomic E-state index is 14.1. The lowest BCUT2D eigenvalue weighted by Gasteiger charge is -2.42. The van der Waals surface area contributed by atoms with Gasteiger partial charge in [-0.05, 0) is 55.1 Å². The minimum Gasteiger partial charge on any atom is -0.356 e. The molecule has 2 aliphatic heterocycles. The number of ketones is 1. The van der Waals surface area contributed by atoms with Crippen molar-refractivity contribution in [3.63, 3.8) is 0 Å². The first-order valence-electron chi connectivity index (χ1n) is 14.6. The van der Waals surface area contributed by atoms with Gasteiger partial charge in [-0.2, -0.15) is 13.2 Å². The number of rotatable bonds is 8. The Kier molecular flexibility index (Phi) is 8.46. The van der Waals surface area contributed by atoms with E-state index >= 15 is 0 Å². The van der Waals surface area contributed by atoms with Crippen LogP contribution in [0.3, 0.4) is 0 Å². The number of hydrogen-bond acceptors (Lipinski definition) is 8. The number of pyridine rings is 1. The summed E-state index contributed by atoms with van der Waals surface area (Å²) in [6.07, 6.45) is -2.13. The predicted octanol–water partition coefficient (Wildman–Crippen LogP) is 2.60. The number of hydrogen-bond donors (Lipinski definition) is 3. The maximum Gasteiger partial charge on any atom is 0.471 e. The zero-order chi connectivity index (χ0) is 32.1. The molecule has 4 amide bonds. The van der Waals surface area contributed by atoms with Crippen LogP contribution >= 0.6 is 11.3 Å². The number of Topliss-reactive ketones (excluding diaryl/α,β-unsaturated/α-hetero) is 1. The minimum atomic E-state index is -5.20. The summed E-state index contributed by atoms with van der Waals surface area (Å²) in [5.74, 6) is -5.20. The van der Waals surface area contributed by atoms with Gasteiger partial charge in [0.05, 0.1) is 6.04 Å². The van der Waals surface area contributed by atoms with Crippen molar-refractivity contribution in [2.75, 3.05) is 6.54 Å². The number of thiazole rings is 1. The van der Waals surface area contributed by atoms with E-state index in [9.17, 15) is 37.1 Å². The van der Waals surface area contributed by atoms with Crippen LogP contribution < -0.4 is 16.0 Å². The number of piperidine rings is 1. The number of carbonyl (C=O) groups excluding carboxylic acids is 5. The molecule has 5 rings (SSSR count). The van der Waals surface area contributed by atoms with Gasteiger partial charge in [0.2, 0.25) is 23.5 Å². The Morgan fingerprint density at radius 1 is 1.16 bits per heavy atom. The molecular weight excluding hydrogens is 601 g/mol. The number of nitrogens with zero attached hydrogens (tertiary/aromatic N) is 3. The molecule has 3 aliphatic rings. The van der Waals surface area contributed by atoms with Crippen LogP contribution in [0.15, 0.2) is 18.3 Å². The summed E-state index contributed by atoms with van der Waals surface area (Å²) in [5, 5.41) is 7.49. The van der Waals surface area contributed by atoms with Gasteiger partial charge >= 0.3 is 12.1 Å². The molecular formula is C29H35F3N6O5S. The lowest BCUT2D eigenvalue weighted by atomic mass is 9.83. The summed E-state index contributed by atoms with van der Waals surface area (Å²) in [5.41, 5.74) is -0.598. The van der Waals surface area contributed by atoms with Crippen LogP contribution in [0.5, 0.6) is 0 Å². The van der Waals surface area contributed by atoms with Gasteiger partial charge in [0, 0.05) is 24.7 Å². The third-order valence-electron chi connectivity index (χ3n) is 8.88. The summed E-state index contributed by atoms with van der Waals surface area (Å²) in [7, 11) is 0. The lowest BCUT2D eigenvalue weighted by Crippen LogP contribution is -2.63. The molecule has 0 spiro atoms. The number of alkyl halides is 3. The third kappa shape index (κ3) is 6.15. The number of aromatic nitrogens is 2. The van der Waals surface area contributed by atoms with Crippen molar-refractivity contribution in [3.8, 4) is 0 Å². The molecule has 2 aromatic rings. The highest BCUT2D eigenvalue weighted by atomic mass is 32.1. The van der Waals surface area contributed by atoms with Gasteiger partial charge in [0.25, 0.3) is 0 Å². The molecule has 1 saturated carbocycles. The molecule has 0 unspecified atom stereocenters. The molecule has 44 heavy (non-hydrogen) atoms. The molecule has 2 aromatic heterocycles. The van der Waals surface area contributed by atoms with Crippen LogP contribution in [0, 0.1) is 23.2 Å². The highest BCUT2D eigenvalue weighted by Gasteiger charge is 2.57. The van der Waals surface area contributed by atoms with E-state index in [1.165, 1.54) is 25.7 Å². The van der Waals surface area contributed by atoms with E-state index in [0.717, 1.165) is 11.3 Å². The average Bonchev–Trinajstić information content (AvgIpc) is 3.72. The first kappa shape index (κ1) is 31.8. The number of fused-ring (bicyclic) bond motifs is 3. The zero-order valence-corrected chi connectivity index (χ0v) is 25.6. The molecule has 7 atom stereocenters. The fourth-order valence-corrected chi connectivity index (χ4v) is 7.56. The molecule has 11 nitrogen and oxygen atoms in total. The molecule has 3 N–H and O–H groups in total. The van der Waals surface area contributed by atoms with Crippen molar-refractivity contribution in [1.29, 1.82) is 0 Å². The van der Waals surface area contributed by atoms with E-state index in [1.54, 1.807) is 18.3 Å². The van der Waals surface area contributed by atoms with Crippen molar-refractivity contribution in [3.05, 3.63) is 23.3 Å². The number of halogens is 3. The first-order valence-corrected chi connectivity index (χ1v) is 15.4. The molecule has 1 aliphatic carbocycles. The average molecular weight is 637 g/mol. The second kappa shape index (κ2) is 11.7. The molecule has 3 fully saturated rings. The molecule has 4 heterocycles. The van der Waals surface area contributed by atoms with E-state index in [1.807, 2.05) is 12.2 Å². The van der Waals surface area contributed by atoms with Gasteiger partial charge < -0.3 is 20.9 Å². The third-order valence-corrected chi connectivity index (χ3v) is 9.87. The summed E-state index contributed by atoms with van der Waals surface area (Å²) in [6.45, 7) is 6.98. The normalized spacial score (nSPS) is 26.4. The Bertz CT molecular complexity index is 1460. The molecule has 2 saturated heterocycles. The Labute approximate surface area is 255 Å². The zero-order valence-electron chi connectivity index (χ0n) is 24.7. The molecule has 238 valence electrons. The van der Waals surface area contributed by atoms with Crippen LogP contribution in [0.2, 0.25) is 0 Å². The van der Waals surface area contributed by atoms with Gasteiger partial charge in [-0.3, -0.25) is 24.0 Å². The highest BCUT2D eigenvalue weighted by Crippen LogP contribution is 2.47. The van der Waals surface area contributed by atoms with E-state index in [2.05, 4.69) is 20.6 Å². The van der Waals surface area contributed by atoms with Crippen molar-refractivity contribution in [2.45, 2.75) is 83.7 Å². The van der Waals surface area contributed by atoms with Gasteiger partial charge in [0.1, 0.15) is 22.4 Å². The van der Waals surface area contributed by atoms with Gasteiger partial charge in [-0.15, -0.1) is 0 Å². The van der Waals surface area contributed by atoms with Crippen LogP contribution in [-0.4, -0.2) is 81.2 Å². The molecule has 0 radical (unpaired) electrons. The van der Waals surface area contributed by atoms with Crippen LogP contribution in [0.1, 0.15) is 63.2 Å². The number of amides is 4. The minimum absolute atomic E-state index is 0.0102. The second-order valence-electron chi connectivity index (χ2n) is 13.0. The summed E-state index contributed by atoms with van der Waals surface area (Å²) in [6, 6.07) is -0.813. The van der Waals surface area contributed by atoms with Gasteiger partial charge in [-0.25, -0.2) is 9.97 Å². The Hall–Kier alpha value is -3.62.